The Labute approximate surface area is 173 Å². The molecule has 3 rings (SSSR count). The Morgan fingerprint density at radius 3 is 2.53 bits per heavy atom. The van der Waals surface area contributed by atoms with Crippen molar-refractivity contribution in [3.63, 3.8) is 0 Å². The lowest BCUT2D eigenvalue weighted by Crippen LogP contribution is -2.08. The van der Waals surface area contributed by atoms with Crippen molar-refractivity contribution >= 4 is 52.2 Å². The van der Waals surface area contributed by atoms with Crippen LogP contribution >= 0.6 is 35.2 Å². The molecule has 0 aliphatic carbocycles. The Kier molecular flexibility index (Phi) is 7.07. The van der Waals surface area contributed by atoms with Gasteiger partial charge in [-0.1, -0.05) is 0 Å². The van der Waals surface area contributed by atoms with Gasteiger partial charge in [0.25, 0.3) is 0 Å². The van der Waals surface area contributed by atoms with Crippen LogP contribution in [0.3, 0.4) is 0 Å². The number of anilines is 1. The van der Waals surface area contributed by atoms with E-state index in [0.29, 0.717) is 24.0 Å². The van der Waals surface area contributed by atoms with Crippen LogP contribution in [-0.4, -0.2) is 53.2 Å². The van der Waals surface area contributed by atoms with Gasteiger partial charge in [-0.15, -0.1) is 11.8 Å². The van der Waals surface area contributed by atoms with Gasteiger partial charge in [0.1, 0.15) is 11.8 Å². The van der Waals surface area contributed by atoms with Gasteiger partial charge < -0.3 is 25.0 Å². The molecule has 1 aliphatic rings. The molecule has 0 bridgehead atoms. The summed E-state index contributed by atoms with van der Waals surface area (Å²) in [6.45, 7) is -0.306. The number of nitrogen functional groups attached to an aromatic ring is 1. The molecule has 30 heavy (non-hydrogen) atoms. The van der Waals surface area contributed by atoms with Crippen LogP contribution in [0.15, 0.2) is 12.7 Å². The van der Waals surface area contributed by atoms with Gasteiger partial charge in [0.15, 0.2) is 11.5 Å². The standard InChI is InChI=1S/C11H18N5O10P3S/c1-23-27(17,18)25-29(21,22)26-28(19,20)24-4-7-2-3-8(30-7)16-6-15-9-10(12)13-5-14-11(9)16/h5-8H,2-4H2,1H3,(H,17,18)(H,19,20)(H,21,22)(H2,12,13,14)/t7-,8+/m0/s1. The number of phosphoric acid groups is 3. The first kappa shape index (κ1) is 23.8. The van der Waals surface area contributed by atoms with Gasteiger partial charge in [-0.25, -0.2) is 28.6 Å². The summed E-state index contributed by atoms with van der Waals surface area (Å²) in [4.78, 5) is 40.2. The number of imidazole rings is 1. The fourth-order valence-corrected chi connectivity index (χ4v) is 7.42. The lowest BCUT2D eigenvalue weighted by atomic mass is 10.2. The molecule has 1 saturated heterocycles. The van der Waals surface area contributed by atoms with Crippen LogP contribution in [0.2, 0.25) is 0 Å². The maximum Gasteiger partial charge on any atom is 0.490 e. The summed E-state index contributed by atoms with van der Waals surface area (Å²) >= 11 is 1.40. The SMILES string of the molecule is COP(=O)(O)OP(=O)(O)OP(=O)(O)OC[C@@H]1CC[C@H](n2cnc3c(N)ncnc32)S1. The molecule has 1 aliphatic heterocycles. The minimum Gasteiger partial charge on any atom is -0.382 e. The summed E-state index contributed by atoms with van der Waals surface area (Å²) in [7, 11) is -14.7. The first-order valence-electron chi connectivity index (χ1n) is 8.11. The van der Waals surface area contributed by atoms with Gasteiger partial charge in [-0.05, 0) is 12.8 Å². The maximum absolute atomic E-state index is 11.9. The Bertz CT molecular complexity index is 1070. The molecule has 3 heterocycles. The number of nitrogens with two attached hydrogens (primary N) is 1. The minimum absolute atomic E-state index is 0.105. The van der Waals surface area contributed by atoms with Gasteiger partial charge >= 0.3 is 23.5 Å². The molecule has 1 fully saturated rings. The number of nitrogens with zero attached hydrogens (tertiary/aromatic N) is 4. The molecule has 0 amide bonds. The molecular formula is C11H18N5O10P3S. The van der Waals surface area contributed by atoms with Crippen molar-refractivity contribution in [2.75, 3.05) is 19.5 Å². The zero-order chi connectivity index (χ0) is 22.2. The number of thioether (sulfide) groups is 1. The van der Waals surface area contributed by atoms with E-state index < -0.39 is 23.5 Å². The molecule has 2 aromatic heterocycles. The second-order valence-corrected chi connectivity index (χ2v) is 12.1. The van der Waals surface area contributed by atoms with Crippen molar-refractivity contribution in [1.82, 2.24) is 19.5 Å². The minimum atomic E-state index is -5.42. The molecule has 5 N–H and O–H groups in total. The molecule has 0 radical (unpaired) electrons. The summed E-state index contributed by atoms with van der Waals surface area (Å²) < 4.78 is 53.0. The van der Waals surface area contributed by atoms with Crippen LogP contribution in [0.1, 0.15) is 18.2 Å². The van der Waals surface area contributed by atoms with E-state index >= 15 is 0 Å². The van der Waals surface area contributed by atoms with Crippen LogP contribution in [-0.2, 0) is 31.4 Å². The first-order chi connectivity index (χ1) is 13.9. The quantitative estimate of drug-likeness (QED) is 0.357. The normalized spacial score (nSPS) is 25.6. The molecule has 19 heteroatoms. The number of rotatable bonds is 9. The highest BCUT2D eigenvalue weighted by Gasteiger charge is 2.42. The lowest BCUT2D eigenvalue weighted by molar-refractivity contribution is 0.167. The maximum atomic E-state index is 11.9. The van der Waals surface area contributed by atoms with E-state index in [0.717, 1.165) is 7.11 Å². The third-order valence-corrected chi connectivity index (χ3v) is 9.62. The third kappa shape index (κ3) is 5.87. The van der Waals surface area contributed by atoms with Crippen molar-refractivity contribution in [3.05, 3.63) is 12.7 Å². The van der Waals surface area contributed by atoms with Gasteiger partial charge in [0, 0.05) is 12.4 Å². The van der Waals surface area contributed by atoms with E-state index in [4.69, 9.17) is 15.2 Å². The van der Waals surface area contributed by atoms with Crippen molar-refractivity contribution in [3.8, 4) is 0 Å². The largest absolute Gasteiger partial charge is 0.490 e. The van der Waals surface area contributed by atoms with Gasteiger partial charge in [-0.2, -0.15) is 8.62 Å². The van der Waals surface area contributed by atoms with Crippen LogP contribution in [0, 0.1) is 0 Å². The number of aromatic nitrogens is 4. The fraction of sp³-hybridized carbons (Fsp3) is 0.545. The van der Waals surface area contributed by atoms with Gasteiger partial charge in [0.2, 0.25) is 0 Å². The van der Waals surface area contributed by atoms with Crippen LogP contribution in [0.5, 0.6) is 0 Å². The Hall–Kier alpha value is -0.890. The van der Waals surface area contributed by atoms with Crippen LogP contribution in [0.25, 0.3) is 11.2 Å². The number of fused-ring (bicyclic) bond motifs is 1. The zero-order valence-corrected chi connectivity index (χ0v) is 18.7. The van der Waals surface area contributed by atoms with E-state index in [1.165, 1.54) is 18.1 Å². The smallest absolute Gasteiger partial charge is 0.382 e. The third-order valence-electron chi connectivity index (χ3n) is 3.85. The van der Waals surface area contributed by atoms with Crippen molar-refractivity contribution in [1.29, 1.82) is 0 Å². The number of hydrogen-bond acceptors (Lipinski definition) is 12. The zero-order valence-electron chi connectivity index (χ0n) is 15.2. The Morgan fingerprint density at radius 2 is 1.83 bits per heavy atom. The van der Waals surface area contributed by atoms with Crippen molar-refractivity contribution in [2.45, 2.75) is 23.5 Å². The molecule has 0 aromatic carbocycles. The Balaban J connectivity index is 1.57. The molecule has 5 atom stereocenters. The summed E-state index contributed by atoms with van der Waals surface area (Å²) in [6.07, 6.45) is 4.13. The average Bonchev–Trinajstić information content (AvgIpc) is 3.25. The van der Waals surface area contributed by atoms with E-state index in [1.807, 2.05) is 0 Å². The topological polar surface area (TPSA) is 218 Å². The van der Waals surface area contributed by atoms with Gasteiger partial charge in [-0.3, -0.25) is 9.05 Å². The monoisotopic (exact) mass is 505 g/mol. The molecule has 2 aromatic rings. The van der Waals surface area contributed by atoms with E-state index in [1.54, 1.807) is 10.9 Å². The number of hydrogen-bond donors (Lipinski definition) is 4. The summed E-state index contributed by atoms with van der Waals surface area (Å²) in [5.41, 5.74) is 6.77. The molecule has 168 valence electrons. The highest BCUT2D eigenvalue weighted by Crippen LogP contribution is 2.67. The van der Waals surface area contributed by atoms with Crippen LogP contribution in [0.4, 0.5) is 5.82 Å². The Morgan fingerprint density at radius 1 is 1.13 bits per heavy atom. The predicted molar refractivity (Wildman–Crippen MR) is 104 cm³/mol. The second-order valence-electron chi connectivity index (χ2n) is 5.92. The summed E-state index contributed by atoms with van der Waals surface area (Å²) in [6, 6.07) is 0. The molecule has 3 unspecified atom stereocenters. The summed E-state index contributed by atoms with van der Waals surface area (Å²) in [5, 5.41) is -0.372. The van der Waals surface area contributed by atoms with Gasteiger partial charge in [0.05, 0.1) is 18.3 Å². The second kappa shape index (κ2) is 8.93. The molecule has 15 nitrogen and oxygen atoms in total. The predicted octanol–water partition coefficient (Wildman–Crippen LogP) is 1.80. The van der Waals surface area contributed by atoms with Crippen molar-refractivity contribution < 1.29 is 46.0 Å². The highest BCUT2D eigenvalue weighted by atomic mass is 32.2. The first-order valence-corrected chi connectivity index (χ1v) is 13.5. The van der Waals surface area contributed by atoms with Crippen LogP contribution < -0.4 is 5.73 Å². The molecule has 0 saturated carbocycles. The molecular weight excluding hydrogens is 487 g/mol. The highest BCUT2D eigenvalue weighted by molar-refractivity contribution is 8.00. The summed E-state index contributed by atoms with van der Waals surface area (Å²) in [5.74, 6) is 0.247. The fourth-order valence-electron chi connectivity index (χ4n) is 2.60. The van der Waals surface area contributed by atoms with E-state index in [9.17, 15) is 23.5 Å². The lowest BCUT2D eigenvalue weighted by Gasteiger charge is -2.18. The van der Waals surface area contributed by atoms with Crippen molar-refractivity contribution in [2.24, 2.45) is 0 Å². The average molecular weight is 505 g/mol. The van der Waals surface area contributed by atoms with E-state index in [2.05, 4.69) is 28.1 Å². The number of phosphoric ester groups is 2. The van der Waals surface area contributed by atoms with E-state index in [-0.39, 0.29) is 23.0 Å². The molecule has 0 spiro atoms.